The monoisotopic (exact) mass is 337 g/mol. The number of halogens is 1. The third-order valence-corrected chi connectivity index (χ3v) is 4.05. The van der Waals surface area contributed by atoms with Crippen molar-refractivity contribution in [1.82, 2.24) is 14.7 Å². The van der Waals surface area contributed by atoms with Gasteiger partial charge in [0, 0.05) is 25.7 Å². The van der Waals surface area contributed by atoms with Crippen LogP contribution in [-0.4, -0.2) is 41.5 Å². The SMILES string of the molecule is CCOc1ccccc1OCCN(C)Cc1c(C)nn(C)c1Cl. The van der Waals surface area contributed by atoms with E-state index in [1.165, 1.54) is 0 Å². The molecule has 6 heteroatoms. The molecule has 0 aliphatic rings. The zero-order chi connectivity index (χ0) is 16.8. The molecule has 23 heavy (non-hydrogen) atoms. The highest BCUT2D eigenvalue weighted by Crippen LogP contribution is 2.26. The molecule has 0 saturated carbocycles. The summed E-state index contributed by atoms with van der Waals surface area (Å²) in [6, 6.07) is 7.73. The summed E-state index contributed by atoms with van der Waals surface area (Å²) in [7, 11) is 3.90. The number of aromatic nitrogens is 2. The van der Waals surface area contributed by atoms with E-state index in [1.807, 2.05) is 52.2 Å². The van der Waals surface area contributed by atoms with Crippen LogP contribution in [0.1, 0.15) is 18.2 Å². The third-order valence-electron chi connectivity index (χ3n) is 3.58. The first-order valence-electron chi connectivity index (χ1n) is 7.74. The van der Waals surface area contributed by atoms with Gasteiger partial charge in [-0.3, -0.25) is 9.58 Å². The Morgan fingerprint density at radius 1 is 1.22 bits per heavy atom. The Labute approximate surface area is 142 Å². The second kappa shape index (κ2) is 8.22. The number of aryl methyl sites for hydroxylation is 2. The molecule has 0 unspecified atom stereocenters. The molecule has 0 aliphatic carbocycles. The highest BCUT2D eigenvalue weighted by molar-refractivity contribution is 6.30. The van der Waals surface area contributed by atoms with E-state index >= 15 is 0 Å². The van der Waals surface area contributed by atoms with Crippen molar-refractivity contribution in [3.05, 3.63) is 40.7 Å². The van der Waals surface area contributed by atoms with Gasteiger partial charge in [0.15, 0.2) is 11.5 Å². The van der Waals surface area contributed by atoms with E-state index in [-0.39, 0.29) is 0 Å². The van der Waals surface area contributed by atoms with Crippen molar-refractivity contribution in [1.29, 1.82) is 0 Å². The number of hydrogen-bond donors (Lipinski definition) is 0. The van der Waals surface area contributed by atoms with Gasteiger partial charge in [0.25, 0.3) is 0 Å². The van der Waals surface area contributed by atoms with Gasteiger partial charge < -0.3 is 9.47 Å². The van der Waals surface area contributed by atoms with Crippen molar-refractivity contribution in [2.24, 2.45) is 7.05 Å². The number of likely N-dealkylation sites (N-methyl/N-ethyl adjacent to an activating group) is 1. The minimum Gasteiger partial charge on any atom is -0.490 e. The van der Waals surface area contributed by atoms with Gasteiger partial charge in [0.05, 0.1) is 12.3 Å². The summed E-state index contributed by atoms with van der Waals surface area (Å²) in [4.78, 5) is 2.17. The summed E-state index contributed by atoms with van der Waals surface area (Å²) >= 11 is 6.27. The van der Waals surface area contributed by atoms with E-state index in [2.05, 4.69) is 10.00 Å². The highest BCUT2D eigenvalue weighted by atomic mass is 35.5. The molecule has 0 saturated heterocycles. The molecule has 1 aromatic carbocycles. The van der Waals surface area contributed by atoms with Crippen LogP contribution in [0, 0.1) is 6.92 Å². The molecule has 0 amide bonds. The van der Waals surface area contributed by atoms with Crippen molar-refractivity contribution >= 4 is 11.6 Å². The lowest BCUT2D eigenvalue weighted by Crippen LogP contribution is -2.24. The average Bonchev–Trinajstić information content (AvgIpc) is 2.76. The minimum atomic E-state index is 0.581. The van der Waals surface area contributed by atoms with Gasteiger partial charge in [0.1, 0.15) is 11.8 Å². The first-order valence-corrected chi connectivity index (χ1v) is 8.11. The number of benzene rings is 1. The second-order valence-electron chi connectivity index (χ2n) is 5.44. The van der Waals surface area contributed by atoms with Crippen molar-refractivity contribution in [3.8, 4) is 11.5 Å². The van der Waals surface area contributed by atoms with Crippen LogP contribution in [-0.2, 0) is 13.6 Å². The number of para-hydroxylation sites is 2. The van der Waals surface area contributed by atoms with Gasteiger partial charge in [-0.1, -0.05) is 23.7 Å². The molecule has 126 valence electrons. The molecule has 2 aromatic rings. The molecular formula is C17H24ClN3O2. The fourth-order valence-corrected chi connectivity index (χ4v) is 2.59. The smallest absolute Gasteiger partial charge is 0.161 e. The normalized spacial score (nSPS) is 11.0. The van der Waals surface area contributed by atoms with Crippen molar-refractivity contribution in [2.45, 2.75) is 20.4 Å². The summed E-state index contributed by atoms with van der Waals surface area (Å²) in [6.07, 6.45) is 0. The van der Waals surface area contributed by atoms with Crippen LogP contribution in [0.4, 0.5) is 0 Å². The first-order chi connectivity index (χ1) is 11.0. The molecule has 2 rings (SSSR count). The largest absolute Gasteiger partial charge is 0.490 e. The Morgan fingerprint density at radius 2 is 1.87 bits per heavy atom. The van der Waals surface area contributed by atoms with Gasteiger partial charge in [-0.2, -0.15) is 5.10 Å². The summed E-state index contributed by atoms with van der Waals surface area (Å²) in [5, 5.41) is 5.03. The van der Waals surface area contributed by atoms with Crippen LogP contribution in [0.3, 0.4) is 0 Å². The molecule has 1 aromatic heterocycles. The Hall–Kier alpha value is -1.72. The maximum Gasteiger partial charge on any atom is 0.161 e. The van der Waals surface area contributed by atoms with Crippen LogP contribution < -0.4 is 9.47 Å². The molecule has 0 bridgehead atoms. The summed E-state index contributed by atoms with van der Waals surface area (Å²) in [5.74, 6) is 1.56. The lowest BCUT2D eigenvalue weighted by Gasteiger charge is -2.18. The Bertz CT molecular complexity index is 643. The van der Waals surface area contributed by atoms with E-state index in [4.69, 9.17) is 21.1 Å². The molecule has 0 atom stereocenters. The van der Waals surface area contributed by atoms with E-state index in [0.717, 1.165) is 35.8 Å². The maximum absolute atomic E-state index is 6.27. The van der Waals surface area contributed by atoms with Gasteiger partial charge in [0.2, 0.25) is 0 Å². The molecule has 0 fully saturated rings. The zero-order valence-electron chi connectivity index (χ0n) is 14.2. The number of rotatable bonds is 8. The van der Waals surface area contributed by atoms with E-state index in [0.29, 0.717) is 18.4 Å². The Kier molecular flexibility index (Phi) is 6.30. The van der Waals surface area contributed by atoms with Gasteiger partial charge >= 0.3 is 0 Å². The first kappa shape index (κ1) is 17.6. The molecule has 5 nitrogen and oxygen atoms in total. The van der Waals surface area contributed by atoms with E-state index in [1.54, 1.807) is 4.68 Å². The zero-order valence-corrected chi connectivity index (χ0v) is 14.9. The average molecular weight is 338 g/mol. The number of hydrogen-bond acceptors (Lipinski definition) is 4. The predicted octanol–water partition coefficient (Wildman–Crippen LogP) is 3.29. The van der Waals surface area contributed by atoms with Crippen LogP contribution in [0.2, 0.25) is 5.15 Å². The lowest BCUT2D eigenvalue weighted by molar-refractivity contribution is 0.222. The highest BCUT2D eigenvalue weighted by Gasteiger charge is 2.13. The molecule has 0 radical (unpaired) electrons. The number of ether oxygens (including phenoxy) is 2. The Balaban J connectivity index is 1.87. The van der Waals surface area contributed by atoms with E-state index < -0.39 is 0 Å². The third kappa shape index (κ3) is 4.62. The summed E-state index contributed by atoms with van der Waals surface area (Å²) < 4.78 is 13.1. The van der Waals surface area contributed by atoms with Crippen molar-refractivity contribution < 1.29 is 9.47 Å². The molecule has 0 aliphatic heterocycles. The number of nitrogens with zero attached hydrogens (tertiary/aromatic N) is 3. The molecule has 1 heterocycles. The Morgan fingerprint density at radius 3 is 2.43 bits per heavy atom. The predicted molar refractivity (Wildman–Crippen MR) is 92.4 cm³/mol. The van der Waals surface area contributed by atoms with Gasteiger partial charge in [-0.15, -0.1) is 0 Å². The molecule has 0 spiro atoms. The van der Waals surface area contributed by atoms with Crippen molar-refractivity contribution in [2.75, 3.05) is 26.8 Å². The van der Waals surface area contributed by atoms with Crippen LogP contribution in [0.25, 0.3) is 0 Å². The fourth-order valence-electron chi connectivity index (χ4n) is 2.36. The van der Waals surface area contributed by atoms with Gasteiger partial charge in [-0.05, 0) is 33.0 Å². The van der Waals surface area contributed by atoms with Crippen molar-refractivity contribution in [3.63, 3.8) is 0 Å². The van der Waals surface area contributed by atoms with Crippen LogP contribution in [0.15, 0.2) is 24.3 Å². The lowest BCUT2D eigenvalue weighted by atomic mass is 10.2. The quantitative estimate of drug-likeness (QED) is 0.741. The molecule has 0 N–H and O–H groups in total. The van der Waals surface area contributed by atoms with Crippen LogP contribution in [0.5, 0.6) is 11.5 Å². The molecular weight excluding hydrogens is 314 g/mol. The second-order valence-corrected chi connectivity index (χ2v) is 5.80. The standard InChI is InChI=1S/C17H24ClN3O2/c1-5-22-15-8-6-7-9-16(15)23-11-10-20(3)12-14-13(2)19-21(4)17(14)18/h6-9H,5,10-12H2,1-4H3. The fraction of sp³-hybridized carbons (Fsp3) is 0.471. The maximum atomic E-state index is 6.27. The van der Waals surface area contributed by atoms with Crippen LogP contribution >= 0.6 is 11.6 Å². The minimum absolute atomic E-state index is 0.581. The summed E-state index contributed by atoms with van der Waals surface area (Å²) in [6.45, 7) is 6.67. The van der Waals surface area contributed by atoms with Gasteiger partial charge in [-0.25, -0.2) is 0 Å². The topological polar surface area (TPSA) is 39.5 Å². The van der Waals surface area contributed by atoms with E-state index in [9.17, 15) is 0 Å². The summed E-state index contributed by atoms with van der Waals surface area (Å²) in [5.41, 5.74) is 2.03.